The lowest BCUT2D eigenvalue weighted by Gasteiger charge is -2.08. The average molecular weight is 392 g/mol. The van der Waals surface area contributed by atoms with Gasteiger partial charge in [-0.15, -0.1) is 10.2 Å². The van der Waals surface area contributed by atoms with Crippen LogP contribution in [-0.2, 0) is 4.79 Å². The molecule has 144 valence electrons. The Kier molecular flexibility index (Phi) is 6.47. The quantitative estimate of drug-likeness (QED) is 0.555. The average Bonchev–Trinajstić information content (AvgIpc) is 2.69. The van der Waals surface area contributed by atoms with Crippen LogP contribution in [0, 0.1) is 13.8 Å². The minimum atomic E-state index is -0.0531. The standard InChI is InChI=1S/C23H25N3OS/c1-15(2)18-7-9-19(10-8-18)24-22(27)14-28-23-12-11-21(25-26-23)20-13-16(3)5-6-17(20)4/h5-13,15H,14H2,1-4H3,(H,24,27). The number of hydrogen-bond donors (Lipinski definition) is 1. The topological polar surface area (TPSA) is 54.9 Å². The second-order valence-electron chi connectivity index (χ2n) is 7.19. The van der Waals surface area contributed by atoms with Crippen molar-refractivity contribution in [2.24, 2.45) is 0 Å². The van der Waals surface area contributed by atoms with E-state index in [0.717, 1.165) is 22.0 Å². The Morgan fingerprint density at radius 3 is 2.39 bits per heavy atom. The van der Waals surface area contributed by atoms with Crippen molar-refractivity contribution in [2.45, 2.75) is 38.6 Å². The lowest BCUT2D eigenvalue weighted by atomic mass is 10.0. The van der Waals surface area contributed by atoms with E-state index in [4.69, 9.17) is 0 Å². The van der Waals surface area contributed by atoms with Crippen LogP contribution < -0.4 is 5.32 Å². The minimum absolute atomic E-state index is 0.0531. The largest absolute Gasteiger partial charge is 0.325 e. The fraction of sp³-hybridized carbons (Fsp3) is 0.261. The fourth-order valence-corrected chi connectivity index (χ4v) is 3.45. The van der Waals surface area contributed by atoms with Gasteiger partial charge in [0.05, 0.1) is 11.4 Å². The molecule has 0 aliphatic heterocycles. The zero-order valence-electron chi connectivity index (χ0n) is 16.7. The van der Waals surface area contributed by atoms with E-state index in [9.17, 15) is 4.79 Å². The molecule has 0 bridgehead atoms. The normalized spacial score (nSPS) is 10.9. The summed E-state index contributed by atoms with van der Waals surface area (Å²) in [4.78, 5) is 12.2. The summed E-state index contributed by atoms with van der Waals surface area (Å²) in [6.45, 7) is 8.43. The first-order valence-corrected chi connectivity index (χ1v) is 10.3. The lowest BCUT2D eigenvalue weighted by Crippen LogP contribution is -2.14. The number of carbonyl (C=O) groups excluding carboxylic acids is 1. The van der Waals surface area contributed by atoms with Gasteiger partial charge >= 0.3 is 0 Å². The molecule has 1 aromatic heterocycles. The zero-order chi connectivity index (χ0) is 20.1. The summed E-state index contributed by atoms with van der Waals surface area (Å²) in [5.41, 5.74) is 6.37. The summed E-state index contributed by atoms with van der Waals surface area (Å²) in [7, 11) is 0. The Balaban J connectivity index is 1.57. The third-order valence-electron chi connectivity index (χ3n) is 4.52. The molecule has 0 saturated carbocycles. The van der Waals surface area contributed by atoms with Crippen molar-refractivity contribution in [1.82, 2.24) is 10.2 Å². The monoisotopic (exact) mass is 391 g/mol. The van der Waals surface area contributed by atoms with E-state index >= 15 is 0 Å². The molecule has 4 nitrogen and oxygen atoms in total. The smallest absolute Gasteiger partial charge is 0.234 e. The second-order valence-corrected chi connectivity index (χ2v) is 8.18. The number of benzene rings is 2. The Morgan fingerprint density at radius 1 is 1.00 bits per heavy atom. The maximum absolute atomic E-state index is 12.2. The van der Waals surface area contributed by atoms with Gasteiger partial charge in [-0.05, 0) is 61.2 Å². The number of rotatable bonds is 6. The van der Waals surface area contributed by atoms with Gasteiger partial charge in [-0.1, -0.05) is 55.4 Å². The predicted molar refractivity (Wildman–Crippen MR) is 117 cm³/mol. The van der Waals surface area contributed by atoms with E-state index in [1.165, 1.54) is 28.5 Å². The van der Waals surface area contributed by atoms with E-state index < -0.39 is 0 Å². The number of nitrogens with zero attached hydrogens (tertiary/aromatic N) is 2. The summed E-state index contributed by atoms with van der Waals surface area (Å²) in [5, 5.41) is 12.3. The van der Waals surface area contributed by atoms with E-state index in [0.29, 0.717) is 11.7 Å². The zero-order valence-corrected chi connectivity index (χ0v) is 17.5. The van der Waals surface area contributed by atoms with Crippen molar-refractivity contribution in [3.05, 3.63) is 71.3 Å². The highest BCUT2D eigenvalue weighted by molar-refractivity contribution is 7.99. The molecule has 1 N–H and O–H groups in total. The second kappa shape index (κ2) is 9.02. The molecule has 0 atom stereocenters. The SMILES string of the molecule is Cc1ccc(C)c(-c2ccc(SCC(=O)Nc3ccc(C(C)C)cc3)nn2)c1. The van der Waals surface area contributed by atoms with E-state index in [2.05, 4.69) is 61.4 Å². The van der Waals surface area contributed by atoms with Crippen molar-refractivity contribution in [3.8, 4) is 11.3 Å². The maximum atomic E-state index is 12.2. The molecular formula is C23H25N3OS. The van der Waals surface area contributed by atoms with Crippen LogP contribution in [0.2, 0.25) is 0 Å². The number of carbonyl (C=O) groups is 1. The molecule has 0 spiro atoms. The molecule has 0 aliphatic rings. The van der Waals surface area contributed by atoms with Crippen LogP contribution >= 0.6 is 11.8 Å². The van der Waals surface area contributed by atoms with Crippen LogP contribution in [0.1, 0.15) is 36.5 Å². The summed E-state index contributed by atoms with van der Waals surface area (Å²) < 4.78 is 0. The number of amides is 1. The van der Waals surface area contributed by atoms with E-state index in [-0.39, 0.29) is 5.91 Å². The molecule has 3 rings (SSSR count). The van der Waals surface area contributed by atoms with Crippen molar-refractivity contribution in [1.29, 1.82) is 0 Å². The van der Waals surface area contributed by atoms with Gasteiger partial charge in [0.2, 0.25) is 5.91 Å². The van der Waals surface area contributed by atoms with E-state index in [1.807, 2.05) is 36.4 Å². The molecular weight excluding hydrogens is 366 g/mol. The minimum Gasteiger partial charge on any atom is -0.325 e. The summed E-state index contributed by atoms with van der Waals surface area (Å²) in [6, 6.07) is 18.1. The molecule has 1 heterocycles. The lowest BCUT2D eigenvalue weighted by molar-refractivity contribution is -0.113. The van der Waals surface area contributed by atoms with Gasteiger partial charge in [0.25, 0.3) is 0 Å². The van der Waals surface area contributed by atoms with Gasteiger partial charge in [0.15, 0.2) is 0 Å². The van der Waals surface area contributed by atoms with Crippen molar-refractivity contribution >= 4 is 23.4 Å². The number of anilines is 1. The van der Waals surface area contributed by atoms with Crippen molar-refractivity contribution < 1.29 is 4.79 Å². The number of aryl methyl sites for hydroxylation is 2. The first-order valence-electron chi connectivity index (χ1n) is 9.36. The third-order valence-corrected chi connectivity index (χ3v) is 5.44. The summed E-state index contributed by atoms with van der Waals surface area (Å²) in [6.07, 6.45) is 0. The van der Waals surface area contributed by atoms with E-state index in [1.54, 1.807) is 0 Å². The van der Waals surface area contributed by atoms with Gasteiger partial charge in [-0.3, -0.25) is 4.79 Å². The Hall–Kier alpha value is -2.66. The molecule has 0 unspecified atom stereocenters. The number of aromatic nitrogens is 2. The first kappa shape index (κ1) is 20.1. The molecule has 1 amide bonds. The Labute approximate surface area is 170 Å². The third kappa shape index (κ3) is 5.20. The van der Waals surface area contributed by atoms with Gasteiger partial charge in [-0.25, -0.2) is 0 Å². The molecule has 3 aromatic rings. The number of thioether (sulfide) groups is 1. The molecule has 0 fully saturated rings. The molecule has 28 heavy (non-hydrogen) atoms. The highest BCUT2D eigenvalue weighted by atomic mass is 32.2. The fourth-order valence-electron chi connectivity index (χ4n) is 2.84. The van der Waals surface area contributed by atoms with Crippen molar-refractivity contribution in [3.63, 3.8) is 0 Å². The number of nitrogens with one attached hydrogen (secondary N) is 1. The van der Waals surface area contributed by atoms with Crippen LogP contribution in [0.25, 0.3) is 11.3 Å². The van der Waals surface area contributed by atoms with Crippen LogP contribution in [0.5, 0.6) is 0 Å². The molecule has 2 aromatic carbocycles. The van der Waals surface area contributed by atoms with Gasteiger partial charge in [-0.2, -0.15) is 0 Å². The van der Waals surface area contributed by atoms with Gasteiger partial charge in [0.1, 0.15) is 5.03 Å². The Morgan fingerprint density at radius 2 is 1.75 bits per heavy atom. The summed E-state index contributed by atoms with van der Waals surface area (Å²) >= 11 is 1.38. The molecule has 0 saturated heterocycles. The van der Waals surface area contributed by atoms with Gasteiger partial charge in [0, 0.05) is 11.3 Å². The Bertz CT molecular complexity index is 951. The predicted octanol–water partition coefficient (Wildman–Crippen LogP) is 5.61. The van der Waals surface area contributed by atoms with Crippen LogP contribution in [0.15, 0.2) is 59.6 Å². The molecule has 0 aliphatic carbocycles. The van der Waals surface area contributed by atoms with Crippen LogP contribution in [-0.4, -0.2) is 21.9 Å². The van der Waals surface area contributed by atoms with Crippen molar-refractivity contribution in [2.75, 3.05) is 11.1 Å². The summed E-state index contributed by atoms with van der Waals surface area (Å²) in [5.74, 6) is 0.719. The first-order chi connectivity index (χ1) is 13.4. The van der Waals surface area contributed by atoms with Gasteiger partial charge < -0.3 is 5.32 Å². The molecule has 0 radical (unpaired) electrons. The van der Waals surface area contributed by atoms with Crippen LogP contribution in [0.4, 0.5) is 5.69 Å². The number of hydrogen-bond acceptors (Lipinski definition) is 4. The highest BCUT2D eigenvalue weighted by Gasteiger charge is 2.08. The highest BCUT2D eigenvalue weighted by Crippen LogP contribution is 2.24. The van der Waals surface area contributed by atoms with Crippen LogP contribution in [0.3, 0.4) is 0 Å². The maximum Gasteiger partial charge on any atom is 0.234 e. The molecule has 5 heteroatoms.